The van der Waals surface area contributed by atoms with Gasteiger partial charge in [-0.05, 0) is 79.3 Å². The second-order valence-electron chi connectivity index (χ2n) is 7.84. The van der Waals surface area contributed by atoms with Crippen LogP contribution >= 0.6 is 47.0 Å². The normalized spacial score (nSPS) is 11.0. The van der Waals surface area contributed by atoms with E-state index in [1.807, 2.05) is 25.1 Å². The average molecular weight is 557 g/mol. The van der Waals surface area contributed by atoms with Crippen molar-refractivity contribution in [1.29, 1.82) is 0 Å². The maximum absolute atomic E-state index is 12.6. The number of anilines is 1. The van der Waals surface area contributed by atoms with Crippen LogP contribution in [0, 0.1) is 6.92 Å². The molecule has 0 aliphatic rings. The Hall–Kier alpha value is -3.36. The number of rotatable bonds is 4. The summed E-state index contributed by atoms with van der Waals surface area (Å²) < 4.78 is 11.5. The van der Waals surface area contributed by atoms with E-state index in [9.17, 15) is 4.79 Å². The molecule has 0 spiro atoms. The molecule has 0 radical (unpaired) electrons. The van der Waals surface area contributed by atoms with Crippen molar-refractivity contribution in [2.75, 3.05) is 5.32 Å². The first-order valence-corrected chi connectivity index (χ1v) is 12.2. The number of carbonyl (C=O) groups excluding carboxylic acids is 1. The summed E-state index contributed by atoms with van der Waals surface area (Å²) in [4.78, 5) is 17.2. The predicted molar refractivity (Wildman–Crippen MR) is 147 cm³/mol. The number of aryl methyl sites for hydroxylation is 1. The van der Waals surface area contributed by atoms with E-state index >= 15 is 0 Å². The van der Waals surface area contributed by atoms with Gasteiger partial charge in [0.05, 0.1) is 10.0 Å². The average Bonchev–Trinajstić information content (AvgIpc) is 3.50. The molecule has 180 valence electrons. The summed E-state index contributed by atoms with van der Waals surface area (Å²) in [6, 6.07) is 19.3. The highest BCUT2D eigenvalue weighted by Crippen LogP contribution is 2.34. The monoisotopic (exact) mass is 555 g/mol. The predicted octanol–water partition coefficient (Wildman–Crippen LogP) is 8.15. The lowest BCUT2D eigenvalue weighted by atomic mass is 10.1. The number of nitrogens with one attached hydrogen (secondary N) is 2. The highest BCUT2D eigenvalue weighted by Gasteiger charge is 2.17. The second kappa shape index (κ2) is 9.95. The van der Waals surface area contributed by atoms with Gasteiger partial charge in [-0.3, -0.25) is 10.1 Å². The Morgan fingerprint density at radius 1 is 0.944 bits per heavy atom. The van der Waals surface area contributed by atoms with E-state index < -0.39 is 5.91 Å². The quantitative estimate of drug-likeness (QED) is 0.217. The van der Waals surface area contributed by atoms with Gasteiger partial charge in [0.1, 0.15) is 11.3 Å². The molecule has 3 aromatic carbocycles. The molecular formula is C26H16Cl3N3O3S. The molecule has 0 fully saturated rings. The first-order chi connectivity index (χ1) is 17.3. The molecule has 0 aliphatic carbocycles. The standard InChI is InChI=1S/C26H16Cl3N3O3S/c1-13-5-6-14(11-18(13)28)25-31-19-12-15(7-8-21(19)35-25)30-26(36)32-24(33)22-10-9-20(34-22)16-3-2-4-17(27)23(16)29/h2-12H,1H3,(H2,30,32,33,36). The number of hydrogen-bond donors (Lipinski definition) is 2. The van der Waals surface area contributed by atoms with Gasteiger partial charge in [0.25, 0.3) is 5.91 Å². The number of oxazole rings is 1. The van der Waals surface area contributed by atoms with Crippen molar-refractivity contribution in [3.05, 3.63) is 93.1 Å². The Bertz CT molecular complexity index is 1640. The fourth-order valence-electron chi connectivity index (χ4n) is 3.48. The third-order valence-electron chi connectivity index (χ3n) is 5.34. The van der Waals surface area contributed by atoms with E-state index in [2.05, 4.69) is 15.6 Å². The third kappa shape index (κ3) is 4.96. The van der Waals surface area contributed by atoms with Crippen molar-refractivity contribution in [2.24, 2.45) is 0 Å². The number of aromatic nitrogens is 1. The zero-order valence-electron chi connectivity index (χ0n) is 18.6. The number of halogens is 3. The highest BCUT2D eigenvalue weighted by atomic mass is 35.5. The largest absolute Gasteiger partial charge is 0.451 e. The minimum absolute atomic E-state index is 0.0681. The SMILES string of the molecule is Cc1ccc(-c2nc3cc(NC(=S)NC(=O)c4ccc(-c5cccc(Cl)c5Cl)o4)ccc3o2)cc1Cl. The van der Waals surface area contributed by atoms with Crippen LogP contribution < -0.4 is 10.6 Å². The summed E-state index contributed by atoms with van der Waals surface area (Å²) in [6.07, 6.45) is 0. The van der Waals surface area contributed by atoms with Gasteiger partial charge in [0.15, 0.2) is 16.5 Å². The molecule has 36 heavy (non-hydrogen) atoms. The summed E-state index contributed by atoms with van der Waals surface area (Å²) in [7, 11) is 0. The molecule has 2 aromatic heterocycles. The molecule has 0 saturated carbocycles. The summed E-state index contributed by atoms with van der Waals surface area (Å²) >= 11 is 23.8. The number of thiocarbonyl (C=S) groups is 1. The third-order valence-corrected chi connectivity index (χ3v) is 6.77. The fourth-order valence-corrected chi connectivity index (χ4v) is 4.27. The Morgan fingerprint density at radius 2 is 1.78 bits per heavy atom. The molecule has 5 aromatic rings. The van der Waals surface area contributed by atoms with Gasteiger partial charge in [-0.25, -0.2) is 4.98 Å². The van der Waals surface area contributed by atoms with Gasteiger partial charge in [0.2, 0.25) is 5.89 Å². The number of hydrogen-bond acceptors (Lipinski definition) is 5. The van der Waals surface area contributed by atoms with Crippen molar-refractivity contribution < 1.29 is 13.6 Å². The molecule has 0 atom stereocenters. The van der Waals surface area contributed by atoms with Crippen LogP contribution in [0.25, 0.3) is 33.9 Å². The summed E-state index contributed by atoms with van der Waals surface area (Å²) in [5, 5.41) is 7.03. The van der Waals surface area contributed by atoms with Crippen molar-refractivity contribution >= 4 is 74.8 Å². The van der Waals surface area contributed by atoms with Crippen LogP contribution in [0.2, 0.25) is 15.1 Å². The lowest BCUT2D eigenvalue weighted by Crippen LogP contribution is -2.33. The molecule has 0 unspecified atom stereocenters. The van der Waals surface area contributed by atoms with Crippen LogP contribution in [0.3, 0.4) is 0 Å². The zero-order valence-corrected chi connectivity index (χ0v) is 21.6. The molecule has 0 bridgehead atoms. The summed E-state index contributed by atoms with van der Waals surface area (Å²) in [5.74, 6) is 0.415. The zero-order chi connectivity index (χ0) is 25.4. The van der Waals surface area contributed by atoms with Crippen molar-refractivity contribution in [2.45, 2.75) is 6.92 Å². The first kappa shape index (κ1) is 24.3. The summed E-state index contributed by atoms with van der Waals surface area (Å²) in [6.45, 7) is 1.93. The van der Waals surface area contributed by atoms with Gasteiger partial charge in [-0.15, -0.1) is 0 Å². The molecule has 5 rings (SSSR count). The smallest absolute Gasteiger partial charge is 0.293 e. The Labute approximate surface area is 226 Å². The maximum Gasteiger partial charge on any atom is 0.293 e. The minimum atomic E-state index is -0.516. The maximum atomic E-state index is 12.6. The van der Waals surface area contributed by atoms with Gasteiger partial charge >= 0.3 is 0 Å². The van der Waals surface area contributed by atoms with Crippen LogP contribution in [0.15, 0.2) is 75.6 Å². The number of fused-ring (bicyclic) bond motifs is 1. The van der Waals surface area contributed by atoms with E-state index in [0.717, 1.165) is 11.1 Å². The molecular weight excluding hydrogens is 541 g/mol. The topological polar surface area (TPSA) is 80.3 Å². The van der Waals surface area contributed by atoms with Crippen LogP contribution in [0.4, 0.5) is 5.69 Å². The van der Waals surface area contributed by atoms with Crippen molar-refractivity contribution in [3.63, 3.8) is 0 Å². The van der Waals surface area contributed by atoms with Crippen LogP contribution in [0.5, 0.6) is 0 Å². The molecule has 0 saturated heterocycles. The Kier molecular flexibility index (Phi) is 6.73. The molecule has 10 heteroatoms. The molecule has 0 aliphatic heterocycles. The van der Waals surface area contributed by atoms with E-state index in [4.69, 9.17) is 55.9 Å². The van der Waals surface area contributed by atoms with Gasteiger partial charge in [0, 0.05) is 21.8 Å². The van der Waals surface area contributed by atoms with Gasteiger partial charge in [-0.2, -0.15) is 0 Å². The Morgan fingerprint density at radius 3 is 2.58 bits per heavy atom. The van der Waals surface area contributed by atoms with Crippen molar-refractivity contribution in [1.82, 2.24) is 10.3 Å². The number of amides is 1. The molecule has 6 nitrogen and oxygen atoms in total. The van der Waals surface area contributed by atoms with E-state index in [0.29, 0.717) is 49.1 Å². The lowest BCUT2D eigenvalue weighted by Gasteiger charge is -2.08. The molecule has 2 heterocycles. The van der Waals surface area contributed by atoms with Gasteiger partial charge < -0.3 is 14.2 Å². The van der Waals surface area contributed by atoms with E-state index in [1.165, 1.54) is 6.07 Å². The fraction of sp³-hybridized carbons (Fsp3) is 0.0385. The van der Waals surface area contributed by atoms with Crippen LogP contribution in [-0.2, 0) is 0 Å². The van der Waals surface area contributed by atoms with Gasteiger partial charge in [-0.1, -0.05) is 46.9 Å². The molecule has 2 N–H and O–H groups in total. The number of furan rings is 1. The van der Waals surface area contributed by atoms with E-state index in [-0.39, 0.29) is 10.9 Å². The highest BCUT2D eigenvalue weighted by molar-refractivity contribution is 7.80. The number of nitrogens with zero attached hydrogens (tertiary/aromatic N) is 1. The minimum Gasteiger partial charge on any atom is -0.451 e. The van der Waals surface area contributed by atoms with Crippen molar-refractivity contribution in [3.8, 4) is 22.8 Å². The second-order valence-corrected chi connectivity index (χ2v) is 9.44. The van der Waals surface area contributed by atoms with Crippen LogP contribution in [-0.4, -0.2) is 16.0 Å². The Balaban J connectivity index is 1.28. The first-order valence-electron chi connectivity index (χ1n) is 10.6. The van der Waals surface area contributed by atoms with E-state index in [1.54, 1.807) is 42.5 Å². The lowest BCUT2D eigenvalue weighted by molar-refractivity contribution is 0.0951. The number of benzene rings is 3. The molecule has 1 amide bonds. The van der Waals surface area contributed by atoms with Crippen LogP contribution in [0.1, 0.15) is 16.1 Å². The number of carbonyl (C=O) groups is 1. The summed E-state index contributed by atoms with van der Waals surface area (Å²) in [5.41, 5.74) is 4.17.